The number of hydrogen-bond donors (Lipinski definition) is 0. The van der Waals surface area contributed by atoms with Gasteiger partial charge in [0.25, 0.3) is 0 Å². The minimum absolute atomic E-state index is 0.0453. The van der Waals surface area contributed by atoms with Crippen molar-refractivity contribution in [2.75, 3.05) is 54.2 Å². The normalized spacial score (nSPS) is 26.4. The van der Waals surface area contributed by atoms with Gasteiger partial charge < -0.3 is 19.1 Å². The van der Waals surface area contributed by atoms with Gasteiger partial charge in [0.1, 0.15) is 30.6 Å². The summed E-state index contributed by atoms with van der Waals surface area (Å²) in [5.41, 5.74) is 7.98. The van der Waals surface area contributed by atoms with Crippen molar-refractivity contribution in [2.45, 2.75) is 120 Å². The first-order valence-corrected chi connectivity index (χ1v) is 28.4. The Morgan fingerprint density at radius 3 is 1.01 bits per heavy atom. The van der Waals surface area contributed by atoms with Crippen molar-refractivity contribution in [2.24, 2.45) is 0 Å². The van der Waals surface area contributed by atoms with Crippen LogP contribution >= 0.6 is 34.8 Å². The molecule has 0 aromatic heterocycles. The number of rotatable bonds is 12. The highest BCUT2D eigenvalue weighted by Gasteiger charge is 2.46. The number of anilines is 3. The molecule has 0 amide bonds. The summed E-state index contributed by atoms with van der Waals surface area (Å²) in [6, 6.07) is 32.9. The van der Waals surface area contributed by atoms with Crippen molar-refractivity contribution in [3.05, 3.63) is 175 Å². The molecule has 2 unspecified atom stereocenters. The number of nitrogens with zero attached hydrogens (tertiary/aromatic N) is 6. The maximum absolute atomic E-state index is 17.0. The van der Waals surface area contributed by atoms with Gasteiger partial charge in [-0.1, -0.05) is 53.0 Å². The SMILES string of the molecule is CC1N(c2ccc(O[C@H]3c4cc(Cl)ccc4C[C@@H]3N3CCCC3)c(F)c2)C(C)N(c2ccc(O[C@H]3c4cc(Cl)ccc4C[C@@H]3N3CCCC3)c(F)c2)N1c1ccc(O[C@H]2c3cc(Cl)ccc3C[C@@H]2N2CCCC2)c(F)c1. The molecule has 0 N–H and O–H groups in total. The van der Waals surface area contributed by atoms with E-state index in [1.165, 1.54) is 18.2 Å². The topological polar surface area (TPSA) is 47.1 Å². The third-order valence-electron chi connectivity index (χ3n) is 17.5. The van der Waals surface area contributed by atoms with E-state index in [4.69, 9.17) is 49.0 Å². The third kappa shape index (κ3) is 9.12. The largest absolute Gasteiger partial charge is 0.481 e. The van der Waals surface area contributed by atoms with Crippen LogP contribution in [0.5, 0.6) is 17.2 Å². The van der Waals surface area contributed by atoms with Gasteiger partial charge in [-0.3, -0.25) is 24.7 Å². The molecule has 0 bridgehead atoms. The van der Waals surface area contributed by atoms with E-state index in [9.17, 15) is 0 Å². The molecule has 4 fully saturated rings. The summed E-state index contributed by atoms with van der Waals surface area (Å²) in [6.07, 6.45) is 6.80. The number of hydrogen-bond acceptors (Lipinski definition) is 9. The van der Waals surface area contributed by atoms with Crippen molar-refractivity contribution < 1.29 is 27.4 Å². The van der Waals surface area contributed by atoms with Crippen LogP contribution < -0.4 is 29.1 Å². The van der Waals surface area contributed by atoms with Crippen LogP contribution in [0.4, 0.5) is 30.2 Å². The van der Waals surface area contributed by atoms with Crippen molar-refractivity contribution in [1.82, 2.24) is 14.7 Å². The molecule has 396 valence electrons. The molecule has 4 saturated heterocycles. The van der Waals surface area contributed by atoms with Gasteiger partial charge in [-0.25, -0.2) is 13.2 Å². The average molecular weight is 1090 g/mol. The fourth-order valence-electron chi connectivity index (χ4n) is 13.9. The lowest BCUT2D eigenvalue weighted by Crippen LogP contribution is -2.43. The molecule has 6 aromatic carbocycles. The Morgan fingerprint density at radius 1 is 0.395 bits per heavy atom. The van der Waals surface area contributed by atoms with Crippen LogP contribution in [0.25, 0.3) is 0 Å². The van der Waals surface area contributed by atoms with E-state index in [2.05, 4.69) is 37.8 Å². The molecular formula is C61H62Cl3F3N6O3. The summed E-state index contributed by atoms with van der Waals surface area (Å²) in [5.74, 6) is -1.20. The summed E-state index contributed by atoms with van der Waals surface area (Å²) in [7, 11) is 0. The van der Waals surface area contributed by atoms with Gasteiger partial charge >= 0.3 is 0 Å². The quantitative estimate of drug-likeness (QED) is 0.119. The van der Waals surface area contributed by atoms with Gasteiger partial charge in [0, 0.05) is 39.0 Å². The Balaban J connectivity index is 0.832. The molecular weight excluding hydrogens is 1030 g/mol. The monoisotopic (exact) mass is 1090 g/mol. The minimum Gasteiger partial charge on any atom is -0.481 e. The molecule has 3 aliphatic carbocycles. The molecule has 6 aromatic rings. The first-order valence-electron chi connectivity index (χ1n) is 27.3. The predicted molar refractivity (Wildman–Crippen MR) is 295 cm³/mol. The van der Waals surface area contributed by atoms with Crippen LogP contribution in [0, 0.1) is 17.5 Å². The van der Waals surface area contributed by atoms with Crippen LogP contribution in [0.3, 0.4) is 0 Å². The van der Waals surface area contributed by atoms with Crippen LogP contribution in [-0.4, -0.2) is 84.4 Å². The van der Waals surface area contributed by atoms with Crippen LogP contribution in [0.15, 0.2) is 109 Å². The average Bonchev–Trinajstić information content (AvgIpc) is 4.36. The molecule has 13 rings (SSSR count). The fraction of sp³-hybridized carbons (Fsp3) is 0.410. The molecule has 15 heteroatoms. The summed E-state index contributed by atoms with van der Waals surface area (Å²) >= 11 is 19.6. The molecule has 4 aliphatic heterocycles. The second-order valence-electron chi connectivity index (χ2n) is 21.9. The predicted octanol–water partition coefficient (Wildman–Crippen LogP) is 13.9. The maximum atomic E-state index is 17.0. The van der Waals surface area contributed by atoms with Gasteiger partial charge in [0.2, 0.25) is 0 Å². The fourth-order valence-corrected chi connectivity index (χ4v) is 14.4. The van der Waals surface area contributed by atoms with Gasteiger partial charge in [-0.2, -0.15) is 0 Å². The third-order valence-corrected chi connectivity index (χ3v) is 18.2. The standard InChI is InChI=1S/C61H62Cl3F3N6O3/c1-36-71(44-15-18-56(50(65)33-44)74-59-47-30-41(62)12-9-38(47)27-53(59)68-21-3-4-22-68)37(2)73(46-17-20-58(52(67)35-46)76-61-49-32-43(64)14-11-40(49)29-55(61)70-25-7-8-26-70)72(36)45-16-19-57(51(66)34-45)75-60-48-31-42(63)13-10-39(48)28-54(60)69-23-5-6-24-69/h9-20,30-37,53-55,59-61H,3-8,21-29H2,1-2H3/t36?,37?,53-,54-,55-,59-,60-,61-/m0/s1. The molecule has 0 saturated carbocycles. The lowest BCUT2D eigenvalue weighted by molar-refractivity contribution is 0.0906. The van der Waals surface area contributed by atoms with Crippen LogP contribution in [-0.2, 0) is 19.3 Å². The highest BCUT2D eigenvalue weighted by atomic mass is 35.5. The van der Waals surface area contributed by atoms with Crippen molar-refractivity contribution in [3.63, 3.8) is 0 Å². The van der Waals surface area contributed by atoms with Gasteiger partial charge in [-0.15, -0.1) is 0 Å². The van der Waals surface area contributed by atoms with E-state index < -0.39 is 48.1 Å². The smallest absolute Gasteiger partial charge is 0.167 e. The molecule has 0 spiro atoms. The summed E-state index contributed by atoms with van der Waals surface area (Å²) in [5, 5.41) is 5.71. The molecule has 7 aliphatic rings. The van der Waals surface area contributed by atoms with Crippen LogP contribution in [0.2, 0.25) is 15.1 Å². The van der Waals surface area contributed by atoms with E-state index in [0.29, 0.717) is 32.1 Å². The van der Waals surface area contributed by atoms with E-state index >= 15 is 13.2 Å². The Bertz CT molecular complexity index is 3030. The Labute approximate surface area is 458 Å². The molecule has 76 heavy (non-hydrogen) atoms. The summed E-state index contributed by atoms with van der Waals surface area (Å²) in [4.78, 5) is 9.40. The lowest BCUT2D eigenvalue weighted by Gasteiger charge is -2.35. The highest BCUT2D eigenvalue weighted by molar-refractivity contribution is 6.31. The second-order valence-corrected chi connectivity index (χ2v) is 23.2. The van der Waals surface area contributed by atoms with E-state index in [0.717, 1.165) is 130 Å². The van der Waals surface area contributed by atoms with Crippen molar-refractivity contribution in [3.8, 4) is 17.2 Å². The zero-order chi connectivity index (χ0) is 51.9. The molecule has 9 nitrogen and oxygen atoms in total. The summed E-state index contributed by atoms with van der Waals surface area (Å²) < 4.78 is 71.0. The van der Waals surface area contributed by atoms with E-state index in [-0.39, 0.29) is 35.4 Å². The molecule has 0 radical (unpaired) electrons. The number of ether oxygens (including phenoxy) is 3. The van der Waals surface area contributed by atoms with Crippen molar-refractivity contribution >= 4 is 51.9 Å². The zero-order valence-corrected chi connectivity index (χ0v) is 45.1. The van der Waals surface area contributed by atoms with Gasteiger partial charge in [-0.05, 0) is 217 Å². The highest BCUT2D eigenvalue weighted by Crippen LogP contribution is 2.47. The van der Waals surface area contributed by atoms with Gasteiger partial charge in [0.15, 0.2) is 34.7 Å². The Morgan fingerprint density at radius 2 is 0.697 bits per heavy atom. The Kier molecular flexibility index (Phi) is 13.5. The first-order chi connectivity index (χ1) is 36.9. The molecule has 4 heterocycles. The number of halogens is 6. The second kappa shape index (κ2) is 20.5. The van der Waals surface area contributed by atoms with E-state index in [1.807, 2.05) is 78.5 Å². The lowest BCUT2D eigenvalue weighted by atomic mass is 10.1. The number of benzene rings is 6. The minimum atomic E-state index is -0.541. The zero-order valence-electron chi connectivity index (χ0n) is 42.8. The van der Waals surface area contributed by atoms with Crippen molar-refractivity contribution in [1.29, 1.82) is 0 Å². The summed E-state index contributed by atoms with van der Waals surface area (Å²) in [6.45, 7) is 9.76. The van der Waals surface area contributed by atoms with Crippen LogP contribution in [0.1, 0.15) is 104 Å². The number of fused-ring (bicyclic) bond motifs is 3. The molecule has 8 atom stereocenters. The number of likely N-dealkylation sites (tertiary alicyclic amines) is 3. The number of hydrazine groups is 1. The van der Waals surface area contributed by atoms with Gasteiger partial charge in [0.05, 0.1) is 29.5 Å². The Hall–Kier alpha value is -5.34. The first kappa shape index (κ1) is 50.2. The maximum Gasteiger partial charge on any atom is 0.167 e. The van der Waals surface area contributed by atoms with E-state index in [1.54, 1.807) is 18.2 Å².